The van der Waals surface area contributed by atoms with Crippen LogP contribution in [0.2, 0.25) is 0 Å². The first-order valence-corrected chi connectivity index (χ1v) is 8.43. The molecule has 0 atom stereocenters. The number of rotatable bonds is 7. The third kappa shape index (κ3) is 6.20. The number of nitrogens with zero attached hydrogens (tertiary/aromatic N) is 2. The Morgan fingerprint density at radius 2 is 2.00 bits per heavy atom. The average molecular weight is 319 g/mol. The summed E-state index contributed by atoms with van der Waals surface area (Å²) in [5, 5.41) is 3.04. The van der Waals surface area contributed by atoms with E-state index in [4.69, 9.17) is 4.74 Å². The van der Waals surface area contributed by atoms with Crippen molar-refractivity contribution in [1.29, 1.82) is 0 Å². The van der Waals surface area contributed by atoms with Gasteiger partial charge in [0.1, 0.15) is 0 Å². The summed E-state index contributed by atoms with van der Waals surface area (Å²) in [7, 11) is 3.45. The molecule has 0 aromatic heterocycles. The number of likely N-dealkylation sites (tertiary alicyclic amines) is 1. The van der Waals surface area contributed by atoms with Crippen LogP contribution >= 0.6 is 0 Å². The average Bonchev–Trinajstić information content (AvgIpc) is 2.59. The van der Waals surface area contributed by atoms with E-state index in [-0.39, 0.29) is 6.03 Å². The molecule has 5 nitrogen and oxygen atoms in total. The Balaban J connectivity index is 1.64. The molecule has 2 rings (SSSR count). The lowest BCUT2D eigenvalue weighted by Gasteiger charge is -2.32. The smallest absolute Gasteiger partial charge is 0.317 e. The molecule has 0 bridgehead atoms. The van der Waals surface area contributed by atoms with E-state index in [2.05, 4.69) is 40.5 Å². The van der Waals surface area contributed by atoms with Crippen molar-refractivity contribution in [3.8, 4) is 0 Å². The molecule has 1 fully saturated rings. The molecule has 5 heteroatoms. The maximum atomic E-state index is 11.9. The van der Waals surface area contributed by atoms with Crippen molar-refractivity contribution in [2.45, 2.75) is 19.4 Å². The van der Waals surface area contributed by atoms with E-state index in [1.807, 2.05) is 0 Å². The minimum absolute atomic E-state index is 0.00577. The SMILES string of the molecule is COCCN(C)C(=O)NCC1CCN(Cc2ccccc2)CC1. The fraction of sp³-hybridized carbons (Fsp3) is 0.611. The summed E-state index contributed by atoms with van der Waals surface area (Å²) in [5.74, 6) is 0.585. The van der Waals surface area contributed by atoms with Crippen molar-refractivity contribution in [3.05, 3.63) is 35.9 Å². The minimum atomic E-state index is -0.00577. The van der Waals surface area contributed by atoms with Gasteiger partial charge in [0.15, 0.2) is 0 Å². The van der Waals surface area contributed by atoms with Crippen LogP contribution in [0.15, 0.2) is 30.3 Å². The molecule has 1 saturated heterocycles. The van der Waals surface area contributed by atoms with Crippen LogP contribution in [-0.2, 0) is 11.3 Å². The minimum Gasteiger partial charge on any atom is -0.383 e. The second kappa shape index (κ2) is 9.53. The lowest BCUT2D eigenvalue weighted by Crippen LogP contribution is -2.43. The molecule has 0 unspecified atom stereocenters. The quantitative estimate of drug-likeness (QED) is 0.838. The van der Waals surface area contributed by atoms with Gasteiger partial charge in [0, 0.05) is 33.8 Å². The fourth-order valence-electron chi connectivity index (χ4n) is 2.89. The van der Waals surface area contributed by atoms with E-state index in [0.29, 0.717) is 19.1 Å². The molecule has 1 aliphatic rings. The Bertz CT molecular complexity index is 459. The van der Waals surface area contributed by atoms with E-state index in [1.54, 1.807) is 19.1 Å². The van der Waals surface area contributed by atoms with Gasteiger partial charge in [0.05, 0.1) is 6.61 Å². The number of nitrogens with one attached hydrogen (secondary N) is 1. The number of benzene rings is 1. The van der Waals surface area contributed by atoms with Crippen LogP contribution in [0.5, 0.6) is 0 Å². The number of hydrogen-bond acceptors (Lipinski definition) is 3. The van der Waals surface area contributed by atoms with E-state index in [1.165, 1.54) is 5.56 Å². The van der Waals surface area contributed by atoms with Gasteiger partial charge in [0.25, 0.3) is 0 Å². The highest BCUT2D eigenvalue weighted by Crippen LogP contribution is 2.18. The molecule has 1 N–H and O–H groups in total. The fourth-order valence-corrected chi connectivity index (χ4v) is 2.89. The summed E-state index contributed by atoms with van der Waals surface area (Å²) in [6.07, 6.45) is 2.30. The number of ether oxygens (including phenoxy) is 1. The van der Waals surface area contributed by atoms with Crippen LogP contribution in [0, 0.1) is 5.92 Å². The molecule has 0 aliphatic carbocycles. The van der Waals surface area contributed by atoms with Gasteiger partial charge in [0.2, 0.25) is 0 Å². The van der Waals surface area contributed by atoms with Crippen molar-refractivity contribution < 1.29 is 9.53 Å². The van der Waals surface area contributed by atoms with Crippen molar-refractivity contribution in [2.75, 3.05) is 46.9 Å². The summed E-state index contributed by atoms with van der Waals surface area (Å²) in [5.41, 5.74) is 1.37. The maximum absolute atomic E-state index is 11.9. The van der Waals surface area contributed by atoms with Crippen LogP contribution in [-0.4, -0.2) is 62.8 Å². The number of amides is 2. The Hall–Kier alpha value is -1.59. The number of hydrogen-bond donors (Lipinski definition) is 1. The number of carbonyl (C=O) groups is 1. The van der Waals surface area contributed by atoms with Gasteiger partial charge in [-0.1, -0.05) is 30.3 Å². The first kappa shape index (κ1) is 17.8. The van der Waals surface area contributed by atoms with Gasteiger partial charge in [-0.15, -0.1) is 0 Å². The normalized spacial score (nSPS) is 16.3. The maximum Gasteiger partial charge on any atom is 0.317 e. The summed E-state index contributed by atoms with van der Waals surface area (Å²) in [6.45, 7) is 5.21. The number of urea groups is 1. The van der Waals surface area contributed by atoms with Crippen LogP contribution in [0.4, 0.5) is 4.79 Å². The predicted molar refractivity (Wildman–Crippen MR) is 92.3 cm³/mol. The highest BCUT2D eigenvalue weighted by atomic mass is 16.5. The van der Waals surface area contributed by atoms with Crippen LogP contribution in [0.3, 0.4) is 0 Å². The first-order chi connectivity index (χ1) is 11.2. The van der Waals surface area contributed by atoms with Crippen molar-refractivity contribution in [1.82, 2.24) is 15.1 Å². The molecular formula is C18H29N3O2. The summed E-state index contributed by atoms with van der Waals surface area (Å²) >= 11 is 0. The van der Waals surface area contributed by atoms with Gasteiger partial charge in [-0.2, -0.15) is 0 Å². The standard InChI is InChI=1S/C18H29N3O2/c1-20(12-13-23-2)18(22)19-14-16-8-10-21(11-9-16)15-17-6-4-3-5-7-17/h3-7,16H,8-15H2,1-2H3,(H,19,22). The molecule has 1 aromatic rings. The number of methoxy groups -OCH3 is 1. The van der Waals surface area contributed by atoms with E-state index < -0.39 is 0 Å². The molecule has 128 valence electrons. The summed E-state index contributed by atoms with van der Waals surface area (Å²) in [6, 6.07) is 10.6. The van der Waals surface area contributed by atoms with Crippen molar-refractivity contribution in [3.63, 3.8) is 0 Å². The topological polar surface area (TPSA) is 44.8 Å². The van der Waals surface area contributed by atoms with E-state index >= 15 is 0 Å². The lowest BCUT2D eigenvalue weighted by molar-refractivity contribution is 0.153. The number of piperidine rings is 1. The first-order valence-electron chi connectivity index (χ1n) is 8.43. The molecule has 0 radical (unpaired) electrons. The molecule has 1 heterocycles. The molecule has 2 amide bonds. The van der Waals surface area contributed by atoms with Gasteiger partial charge in [-0.05, 0) is 37.4 Å². The molecule has 1 aliphatic heterocycles. The second-order valence-electron chi connectivity index (χ2n) is 6.31. The Kier molecular flexibility index (Phi) is 7.36. The molecule has 0 saturated carbocycles. The van der Waals surface area contributed by atoms with Gasteiger partial charge < -0.3 is 15.0 Å². The van der Waals surface area contributed by atoms with Crippen molar-refractivity contribution >= 4 is 6.03 Å². The van der Waals surface area contributed by atoms with Crippen LogP contribution in [0.25, 0.3) is 0 Å². The molecule has 0 spiro atoms. The van der Waals surface area contributed by atoms with E-state index in [9.17, 15) is 4.79 Å². The Morgan fingerprint density at radius 1 is 1.30 bits per heavy atom. The third-order valence-electron chi connectivity index (χ3n) is 4.48. The lowest BCUT2D eigenvalue weighted by atomic mass is 9.96. The highest BCUT2D eigenvalue weighted by Gasteiger charge is 2.20. The Labute approximate surface area is 139 Å². The van der Waals surface area contributed by atoms with Crippen LogP contribution < -0.4 is 5.32 Å². The highest BCUT2D eigenvalue weighted by molar-refractivity contribution is 5.73. The molecule has 1 aromatic carbocycles. The summed E-state index contributed by atoms with van der Waals surface area (Å²) in [4.78, 5) is 16.1. The van der Waals surface area contributed by atoms with Crippen LogP contribution in [0.1, 0.15) is 18.4 Å². The Morgan fingerprint density at radius 3 is 2.65 bits per heavy atom. The van der Waals surface area contributed by atoms with Crippen molar-refractivity contribution in [2.24, 2.45) is 5.92 Å². The van der Waals surface area contributed by atoms with Gasteiger partial charge >= 0.3 is 6.03 Å². The summed E-state index contributed by atoms with van der Waals surface area (Å²) < 4.78 is 4.99. The number of carbonyl (C=O) groups excluding carboxylic acids is 1. The van der Waals surface area contributed by atoms with Gasteiger partial charge in [-0.25, -0.2) is 4.79 Å². The zero-order valence-corrected chi connectivity index (χ0v) is 14.3. The number of likely N-dealkylation sites (N-methyl/N-ethyl adjacent to an activating group) is 1. The molecule has 23 heavy (non-hydrogen) atoms. The zero-order valence-electron chi connectivity index (χ0n) is 14.3. The zero-order chi connectivity index (χ0) is 16.5. The van der Waals surface area contributed by atoms with Gasteiger partial charge in [-0.3, -0.25) is 4.90 Å². The third-order valence-corrected chi connectivity index (χ3v) is 4.48. The largest absolute Gasteiger partial charge is 0.383 e. The molecular weight excluding hydrogens is 290 g/mol. The second-order valence-corrected chi connectivity index (χ2v) is 6.31. The van der Waals surface area contributed by atoms with E-state index in [0.717, 1.165) is 39.0 Å². The monoisotopic (exact) mass is 319 g/mol. The predicted octanol–water partition coefficient (Wildman–Crippen LogP) is 2.19.